The van der Waals surface area contributed by atoms with Gasteiger partial charge in [-0.2, -0.15) is 0 Å². The Kier molecular flexibility index (Phi) is 5.91. The van der Waals surface area contributed by atoms with Crippen LogP contribution < -0.4 is 15.4 Å². The van der Waals surface area contributed by atoms with Crippen LogP contribution in [0.1, 0.15) is 35.8 Å². The predicted octanol–water partition coefficient (Wildman–Crippen LogP) is 2.45. The average molecular weight is 314 g/mol. The molecule has 0 aliphatic rings. The maximum atomic E-state index is 11.4. The van der Waals surface area contributed by atoms with Gasteiger partial charge in [0.25, 0.3) is 5.91 Å². The molecule has 1 aromatic heterocycles. The summed E-state index contributed by atoms with van der Waals surface area (Å²) in [5.41, 5.74) is 1.49. The summed E-state index contributed by atoms with van der Waals surface area (Å²) in [5, 5.41) is 13.4. The molecule has 0 bridgehead atoms. The first kappa shape index (κ1) is 16.7. The molecule has 1 aromatic carbocycles. The molecule has 6 nitrogen and oxygen atoms in total. The first-order valence-corrected chi connectivity index (χ1v) is 7.63. The molecule has 23 heavy (non-hydrogen) atoms. The Morgan fingerprint density at radius 1 is 1.17 bits per heavy atom. The number of anilines is 1. The maximum Gasteiger partial charge on any atom is 0.271 e. The Morgan fingerprint density at radius 2 is 1.96 bits per heavy atom. The summed E-state index contributed by atoms with van der Waals surface area (Å²) in [4.78, 5) is 11.4. The minimum atomic E-state index is -0.252. The highest BCUT2D eigenvalue weighted by molar-refractivity contribution is 5.91. The number of para-hydroxylation sites is 1. The minimum Gasteiger partial charge on any atom is -0.491 e. The highest BCUT2D eigenvalue weighted by atomic mass is 16.5. The molecule has 0 spiro atoms. The number of hydrogen-bond acceptors (Lipinski definition) is 5. The van der Waals surface area contributed by atoms with Crippen LogP contribution in [0.15, 0.2) is 36.4 Å². The number of ether oxygens (including phenoxy) is 1. The van der Waals surface area contributed by atoms with Crippen molar-refractivity contribution in [1.82, 2.24) is 15.5 Å². The lowest BCUT2D eigenvalue weighted by molar-refractivity contribution is 0.0957. The Hall–Kier alpha value is -2.63. The molecule has 0 radical (unpaired) electrons. The van der Waals surface area contributed by atoms with Gasteiger partial charge in [0.15, 0.2) is 5.69 Å². The summed E-state index contributed by atoms with van der Waals surface area (Å²) < 4.78 is 5.82. The second kappa shape index (κ2) is 8.12. The molecular weight excluding hydrogens is 292 g/mol. The third kappa shape index (κ3) is 4.67. The van der Waals surface area contributed by atoms with Crippen molar-refractivity contribution < 1.29 is 9.53 Å². The van der Waals surface area contributed by atoms with Crippen LogP contribution in [0.5, 0.6) is 5.75 Å². The number of amides is 1. The van der Waals surface area contributed by atoms with Crippen LogP contribution in [0.2, 0.25) is 0 Å². The van der Waals surface area contributed by atoms with E-state index < -0.39 is 0 Å². The molecule has 1 amide bonds. The van der Waals surface area contributed by atoms with E-state index in [9.17, 15) is 4.79 Å². The van der Waals surface area contributed by atoms with Crippen molar-refractivity contribution in [3.05, 3.63) is 47.7 Å². The SMILES string of the molecule is CNC(=O)c1ccc(NCCOc2ccccc2C(C)C)nn1. The lowest BCUT2D eigenvalue weighted by atomic mass is 10.0. The van der Waals surface area contributed by atoms with E-state index in [1.807, 2.05) is 18.2 Å². The second-order valence-corrected chi connectivity index (χ2v) is 5.35. The van der Waals surface area contributed by atoms with Crippen LogP contribution in [0.3, 0.4) is 0 Å². The largest absolute Gasteiger partial charge is 0.491 e. The first-order chi connectivity index (χ1) is 11.1. The number of benzene rings is 1. The molecule has 0 atom stereocenters. The highest BCUT2D eigenvalue weighted by Gasteiger charge is 2.07. The van der Waals surface area contributed by atoms with Crippen molar-refractivity contribution in [2.24, 2.45) is 0 Å². The van der Waals surface area contributed by atoms with E-state index in [0.717, 1.165) is 5.75 Å². The number of nitrogens with zero attached hydrogens (tertiary/aromatic N) is 2. The van der Waals surface area contributed by atoms with Crippen LogP contribution in [0.4, 0.5) is 5.82 Å². The molecule has 2 rings (SSSR count). The Labute approximate surface area is 136 Å². The Bertz CT molecular complexity index is 641. The van der Waals surface area contributed by atoms with Crippen LogP contribution in [0, 0.1) is 0 Å². The van der Waals surface area contributed by atoms with Crippen molar-refractivity contribution in [3.8, 4) is 5.75 Å². The molecular formula is C17H22N4O2. The molecule has 1 heterocycles. The molecule has 0 saturated carbocycles. The third-order valence-corrected chi connectivity index (χ3v) is 3.33. The van der Waals surface area contributed by atoms with E-state index >= 15 is 0 Å². The first-order valence-electron chi connectivity index (χ1n) is 7.63. The van der Waals surface area contributed by atoms with Gasteiger partial charge in [-0.05, 0) is 29.7 Å². The fourth-order valence-electron chi connectivity index (χ4n) is 2.10. The quantitative estimate of drug-likeness (QED) is 0.768. The van der Waals surface area contributed by atoms with E-state index in [1.54, 1.807) is 19.2 Å². The van der Waals surface area contributed by atoms with Gasteiger partial charge in [-0.25, -0.2) is 0 Å². The van der Waals surface area contributed by atoms with Gasteiger partial charge in [0.05, 0.1) is 6.54 Å². The van der Waals surface area contributed by atoms with Gasteiger partial charge >= 0.3 is 0 Å². The molecule has 0 aliphatic carbocycles. The van der Waals surface area contributed by atoms with Gasteiger partial charge < -0.3 is 15.4 Å². The summed E-state index contributed by atoms with van der Waals surface area (Å²) in [7, 11) is 1.56. The smallest absolute Gasteiger partial charge is 0.271 e. The molecule has 0 unspecified atom stereocenters. The van der Waals surface area contributed by atoms with E-state index in [0.29, 0.717) is 30.6 Å². The minimum absolute atomic E-state index is 0.252. The van der Waals surface area contributed by atoms with Crippen molar-refractivity contribution in [3.63, 3.8) is 0 Å². The normalized spacial score (nSPS) is 10.4. The van der Waals surface area contributed by atoms with E-state index in [-0.39, 0.29) is 5.91 Å². The van der Waals surface area contributed by atoms with Gasteiger partial charge in [0.1, 0.15) is 18.2 Å². The van der Waals surface area contributed by atoms with E-state index in [4.69, 9.17) is 4.74 Å². The van der Waals surface area contributed by atoms with Gasteiger partial charge in [-0.1, -0.05) is 32.0 Å². The zero-order valence-electron chi connectivity index (χ0n) is 13.7. The Balaban J connectivity index is 1.83. The maximum absolute atomic E-state index is 11.4. The number of nitrogens with one attached hydrogen (secondary N) is 2. The van der Waals surface area contributed by atoms with Crippen LogP contribution in [0.25, 0.3) is 0 Å². The van der Waals surface area contributed by atoms with E-state index in [2.05, 4.69) is 40.7 Å². The fourth-order valence-corrected chi connectivity index (χ4v) is 2.10. The summed E-state index contributed by atoms with van der Waals surface area (Å²) in [6.45, 7) is 5.40. The monoisotopic (exact) mass is 314 g/mol. The molecule has 0 fully saturated rings. The lowest BCUT2D eigenvalue weighted by Gasteiger charge is -2.14. The summed E-state index contributed by atoms with van der Waals surface area (Å²) >= 11 is 0. The molecule has 2 N–H and O–H groups in total. The molecule has 2 aromatic rings. The zero-order chi connectivity index (χ0) is 16.7. The molecule has 0 saturated heterocycles. The highest BCUT2D eigenvalue weighted by Crippen LogP contribution is 2.25. The van der Waals surface area contributed by atoms with Crippen molar-refractivity contribution in [1.29, 1.82) is 0 Å². The lowest BCUT2D eigenvalue weighted by Crippen LogP contribution is -2.20. The number of hydrogen-bond donors (Lipinski definition) is 2. The summed E-state index contributed by atoms with van der Waals surface area (Å²) in [6, 6.07) is 11.4. The van der Waals surface area contributed by atoms with Crippen molar-refractivity contribution >= 4 is 11.7 Å². The van der Waals surface area contributed by atoms with Crippen LogP contribution in [-0.4, -0.2) is 36.3 Å². The van der Waals surface area contributed by atoms with Crippen LogP contribution in [-0.2, 0) is 0 Å². The predicted molar refractivity (Wildman–Crippen MR) is 89.9 cm³/mol. The third-order valence-electron chi connectivity index (χ3n) is 3.33. The second-order valence-electron chi connectivity index (χ2n) is 5.35. The van der Waals surface area contributed by atoms with Gasteiger partial charge in [0, 0.05) is 7.05 Å². The van der Waals surface area contributed by atoms with Crippen LogP contribution >= 0.6 is 0 Å². The summed E-state index contributed by atoms with van der Waals surface area (Å²) in [6.07, 6.45) is 0. The zero-order valence-corrected chi connectivity index (χ0v) is 13.7. The van der Waals surface area contributed by atoms with Crippen molar-refractivity contribution in [2.45, 2.75) is 19.8 Å². The van der Waals surface area contributed by atoms with E-state index in [1.165, 1.54) is 5.56 Å². The fraction of sp³-hybridized carbons (Fsp3) is 0.353. The molecule has 6 heteroatoms. The number of carbonyl (C=O) groups excluding carboxylic acids is 1. The van der Waals surface area contributed by atoms with Gasteiger partial charge in [-0.15, -0.1) is 10.2 Å². The van der Waals surface area contributed by atoms with Crippen molar-refractivity contribution in [2.75, 3.05) is 25.5 Å². The average Bonchev–Trinajstić information content (AvgIpc) is 2.58. The van der Waals surface area contributed by atoms with Gasteiger partial charge in [-0.3, -0.25) is 4.79 Å². The molecule has 0 aliphatic heterocycles. The van der Waals surface area contributed by atoms with Gasteiger partial charge in [0.2, 0.25) is 0 Å². The number of aromatic nitrogens is 2. The standard InChI is InChI=1S/C17H22N4O2/c1-12(2)13-6-4-5-7-15(13)23-11-10-19-16-9-8-14(20-21-16)17(22)18-3/h4-9,12H,10-11H2,1-3H3,(H,18,22)(H,19,21). The summed E-state index contributed by atoms with van der Waals surface area (Å²) in [5.74, 6) is 1.68. The number of rotatable bonds is 7. The topological polar surface area (TPSA) is 76.1 Å². The Morgan fingerprint density at radius 3 is 2.61 bits per heavy atom. The number of carbonyl (C=O) groups is 1. The molecule has 122 valence electrons.